The predicted molar refractivity (Wildman–Crippen MR) is 124 cm³/mol. The number of nitrogens with zero attached hydrogens (tertiary/aromatic N) is 2. The van der Waals surface area contributed by atoms with E-state index >= 15 is 0 Å². The molecule has 0 N–H and O–H groups in total. The largest absolute Gasteiger partial charge is 0.421 e. The van der Waals surface area contributed by atoms with Crippen molar-refractivity contribution in [2.75, 3.05) is 0 Å². The molecule has 0 amide bonds. The molecule has 1 aromatic heterocycles. The van der Waals surface area contributed by atoms with Crippen LogP contribution in [0.5, 0.6) is 0 Å². The molecular weight excluding hydrogens is 404 g/mol. The second kappa shape index (κ2) is 11.2. The Kier molecular flexibility index (Phi) is 8.60. The van der Waals surface area contributed by atoms with Crippen molar-refractivity contribution < 1.29 is 18.7 Å². The molecule has 6 heteroatoms. The van der Waals surface area contributed by atoms with Crippen LogP contribution in [-0.2, 0) is 27.3 Å². The lowest BCUT2D eigenvalue weighted by Gasteiger charge is -2.48. The highest BCUT2D eigenvalue weighted by Gasteiger charge is 2.53. The summed E-state index contributed by atoms with van der Waals surface area (Å²) >= 11 is 0. The van der Waals surface area contributed by atoms with Crippen LogP contribution in [0.15, 0.2) is 28.7 Å². The molecule has 1 aromatic carbocycles. The molecular formula is C26H38N2O4. The second-order valence-electron chi connectivity index (χ2n) is 9.13. The molecule has 0 spiro atoms. The van der Waals surface area contributed by atoms with E-state index in [4.69, 9.17) is 13.9 Å². The van der Waals surface area contributed by atoms with Gasteiger partial charge in [0.15, 0.2) is 5.78 Å². The number of carbonyl (C=O) groups excluding carboxylic acids is 1. The van der Waals surface area contributed by atoms with Gasteiger partial charge in [-0.1, -0.05) is 52.7 Å². The summed E-state index contributed by atoms with van der Waals surface area (Å²) in [5, 5.41) is 8.10. The number of hydrogen-bond donors (Lipinski definition) is 0. The summed E-state index contributed by atoms with van der Waals surface area (Å²) in [5.74, 6) is 1.42. The van der Waals surface area contributed by atoms with Crippen molar-refractivity contribution in [3.63, 3.8) is 0 Å². The lowest BCUT2D eigenvalue weighted by molar-refractivity contribution is -0.203. The maximum absolute atomic E-state index is 13.1. The topological polar surface area (TPSA) is 74.5 Å². The number of ether oxygens (including phenoxy) is 2. The van der Waals surface area contributed by atoms with Crippen LogP contribution in [0, 0.1) is 5.92 Å². The van der Waals surface area contributed by atoms with E-state index in [0.29, 0.717) is 31.2 Å². The number of aromatic nitrogens is 2. The lowest BCUT2D eigenvalue weighted by Crippen LogP contribution is -2.58. The smallest absolute Gasteiger partial charge is 0.247 e. The van der Waals surface area contributed by atoms with Crippen LogP contribution in [0.25, 0.3) is 11.5 Å². The normalized spacial score (nSPS) is 22.3. The number of Topliss-reactive ketones (excluding diaryl/α,β-unsaturated/α-hetero) is 1. The van der Waals surface area contributed by atoms with Crippen LogP contribution in [-0.4, -0.2) is 33.8 Å². The van der Waals surface area contributed by atoms with Crippen molar-refractivity contribution >= 4 is 5.78 Å². The number of carbonyl (C=O) groups is 1. The van der Waals surface area contributed by atoms with E-state index < -0.39 is 5.60 Å². The Morgan fingerprint density at radius 2 is 1.88 bits per heavy atom. The van der Waals surface area contributed by atoms with E-state index in [2.05, 4.69) is 31.0 Å². The SMILES string of the molecule is CCCCC(C)OC1(C(=O)C(C)CC)CC(OCc2ccc(-c3nnc(CC)o3)cc2)C1. The van der Waals surface area contributed by atoms with Gasteiger partial charge in [-0.3, -0.25) is 4.79 Å². The zero-order valence-electron chi connectivity index (χ0n) is 20.2. The molecule has 6 nitrogen and oxygen atoms in total. The minimum absolute atomic E-state index is 0.0137. The summed E-state index contributed by atoms with van der Waals surface area (Å²) in [6.45, 7) is 10.8. The van der Waals surface area contributed by atoms with Gasteiger partial charge in [0.2, 0.25) is 11.8 Å². The Hall–Kier alpha value is -2.05. The summed E-state index contributed by atoms with van der Waals surface area (Å²) in [4.78, 5) is 13.1. The van der Waals surface area contributed by atoms with Crippen LogP contribution in [0.2, 0.25) is 0 Å². The quantitative estimate of drug-likeness (QED) is 0.383. The fourth-order valence-corrected chi connectivity index (χ4v) is 4.19. The van der Waals surface area contributed by atoms with Crippen LogP contribution in [0.1, 0.15) is 84.6 Å². The molecule has 1 fully saturated rings. The van der Waals surface area contributed by atoms with E-state index in [-0.39, 0.29) is 23.9 Å². The maximum Gasteiger partial charge on any atom is 0.247 e. The molecule has 1 aliphatic carbocycles. The first kappa shape index (κ1) is 24.6. The summed E-state index contributed by atoms with van der Waals surface area (Å²) < 4.78 is 18.1. The molecule has 1 heterocycles. The molecule has 3 rings (SSSR count). The Morgan fingerprint density at radius 3 is 2.47 bits per heavy atom. The molecule has 2 unspecified atom stereocenters. The van der Waals surface area contributed by atoms with Gasteiger partial charge >= 0.3 is 0 Å². The van der Waals surface area contributed by atoms with Crippen molar-refractivity contribution in [1.82, 2.24) is 10.2 Å². The van der Waals surface area contributed by atoms with E-state index in [0.717, 1.165) is 43.2 Å². The third-order valence-corrected chi connectivity index (χ3v) is 6.47. The van der Waals surface area contributed by atoms with Gasteiger partial charge < -0.3 is 13.9 Å². The molecule has 0 bridgehead atoms. The third-order valence-electron chi connectivity index (χ3n) is 6.47. The van der Waals surface area contributed by atoms with Crippen LogP contribution >= 0.6 is 0 Å². The first-order chi connectivity index (χ1) is 15.4. The average Bonchev–Trinajstić information content (AvgIpc) is 3.27. The van der Waals surface area contributed by atoms with Gasteiger partial charge in [-0.2, -0.15) is 0 Å². The average molecular weight is 443 g/mol. The molecule has 1 aliphatic rings. The van der Waals surface area contributed by atoms with Crippen molar-refractivity contribution in [3.05, 3.63) is 35.7 Å². The molecule has 0 radical (unpaired) electrons. The first-order valence-electron chi connectivity index (χ1n) is 12.2. The first-order valence-corrected chi connectivity index (χ1v) is 12.2. The minimum Gasteiger partial charge on any atom is -0.421 e. The minimum atomic E-state index is -0.675. The van der Waals surface area contributed by atoms with E-state index in [1.165, 1.54) is 0 Å². The van der Waals surface area contributed by atoms with Gasteiger partial charge in [0.1, 0.15) is 5.60 Å². The standard InChI is InChI=1S/C26H38N2O4/c1-6-9-10-19(5)32-26(24(29)18(4)7-2)15-22(16-26)30-17-20-11-13-21(14-12-20)25-28-27-23(8-3)31-25/h11-14,18-19,22H,6-10,15-17H2,1-5H3. The van der Waals surface area contributed by atoms with Gasteiger partial charge in [0.25, 0.3) is 0 Å². The van der Waals surface area contributed by atoms with Gasteiger partial charge in [0.05, 0.1) is 18.8 Å². The molecule has 0 saturated heterocycles. The van der Waals surface area contributed by atoms with Gasteiger partial charge in [-0.05, 0) is 37.5 Å². The fourth-order valence-electron chi connectivity index (χ4n) is 4.19. The number of unbranched alkanes of at least 4 members (excludes halogenated alkanes) is 1. The zero-order chi connectivity index (χ0) is 23.1. The summed E-state index contributed by atoms with van der Waals surface area (Å²) in [7, 11) is 0. The summed E-state index contributed by atoms with van der Waals surface area (Å²) in [6.07, 6.45) is 6.24. The van der Waals surface area contributed by atoms with Crippen molar-refractivity contribution in [1.29, 1.82) is 0 Å². The molecule has 2 aromatic rings. The highest BCUT2D eigenvalue weighted by atomic mass is 16.5. The number of rotatable bonds is 13. The van der Waals surface area contributed by atoms with E-state index in [1.54, 1.807) is 0 Å². The number of ketones is 1. The maximum atomic E-state index is 13.1. The van der Waals surface area contributed by atoms with Gasteiger partial charge in [0, 0.05) is 30.7 Å². The monoisotopic (exact) mass is 442 g/mol. The Bertz CT molecular complexity index is 855. The Balaban J connectivity index is 1.55. The molecule has 1 saturated carbocycles. The third kappa shape index (κ3) is 5.84. The van der Waals surface area contributed by atoms with Crippen LogP contribution in [0.4, 0.5) is 0 Å². The summed E-state index contributed by atoms with van der Waals surface area (Å²) in [6, 6.07) is 7.98. The zero-order valence-corrected chi connectivity index (χ0v) is 20.2. The molecule has 32 heavy (non-hydrogen) atoms. The van der Waals surface area contributed by atoms with Crippen molar-refractivity contribution in [3.8, 4) is 11.5 Å². The Morgan fingerprint density at radius 1 is 1.16 bits per heavy atom. The van der Waals surface area contributed by atoms with Gasteiger partial charge in [-0.25, -0.2) is 0 Å². The highest BCUT2D eigenvalue weighted by molar-refractivity contribution is 5.90. The fraction of sp³-hybridized carbons (Fsp3) is 0.654. The molecule has 0 aliphatic heterocycles. The van der Waals surface area contributed by atoms with Crippen molar-refractivity contribution in [2.45, 2.75) is 104 Å². The molecule has 2 atom stereocenters. The highest BCUT2D eigenvalue weighted by Crippen LogP contribution is 2.42. The van der Waals surface area contributed by atoms with E-state index in [9.17, 15) is 4.79 Å². The van der Waals surface area contributed by atoms with Crippen LogP contribution in [0.3, 0.4) is 0 Å². The lowest BCUT2D eigenvalue weighted by atomic mass is 9.70. The number of aryl methyl sites for hydroxylation is 1. The summed E-state index contributed by atoms with van der Waals surface area (Å²) in [5.41, 5.74) is 1.30. The number of hydrogen-bond acceptors (Lipinski definition) is 6. The van der Waals surface area contributed by atoms with Crippen LogP contribution < -0.4 is 0 Å². The Labute approximate surface area is 192 Å². The van der Waals surface area contributed by atoms with E-state index in [1.807, 2.05) is 38.1 Å². The number of benzene rings is 1. The van der Waals surface area contributed by atoms with Crippen molar-refractivity contribution in [2.24, 2.45) is 5.92 Å². The van der Waals surface area contributed by atoms with Gasteiger partial charge in [-0.15, -0.1) is 10.2 Å². The molecule has 176 valence electrons. The second-order valence-corrected chi connectivity index (χ2v) is 9.13. The predicted octanol–water partition coefficient (Wildman–Crippen LogP) is 5.93.